The number of amides is 1. The highest BCUT2D eigenvalue weighted by atomic mass is 16.2. The topological polar surface area (TPSA) is 65.2 Å². The van der Waals surface area contributed by atoms with Gasteiger partial charge in [0, 0.05) is 37.8 Å². The van der Waals surface area contributed by atoms with Gasteiger partial charge in [0.1, 0.15) is 0 Å². The average molecular weight is 238 g/mol. The molecule has 0 aromatic heterocycles. The third-order valence-corrected chi connectivity index (χ3v) is 4.20. The quantitative estimate of drug-likeness (QED) is 0.435. The Morgan fingerprint density at radius 3 is 2.12 bits per heavy atom. The van der Waals surface area contributed by atoms with Crippen LogP contribution in [-0.4, -0.2) is 49.7 Å². The second-order valence-corrected chi connectivity index (χ2v) is 5.53. The third-order valence-electron chi connectivity index (χ3n) is 4.20. The van der Waals surface area contributed by atoms with E-state index in [1.54, 1.807) is 0 Å². The Balaban J connectivity index is 0.000000107. The second-order valence-electron chi connectivity index (χ2n) is 5.53. The summed E-state index contributed by atoms with van der Waals surface area (Å²) in [5.41, 5.74) is 0. The van der Waals surface area contributed by atoms with E-state index in [1.807, 2.05) is 0 Å². The number of nitrogens with one attached hydrogen (secondary N) is 4. The van der Waals surface area contributed by atoms with Crippen molar-refractivity contribution in [3.05, 3.63) is 0 Å². The Kier molecular flexibility index (Phi) is 3.31. The van der Waals surface area contributed by atoms with Gasteiger partial charge in [0.05, 0.1) is 6.04 Å². The molecule has 4 fully saturated rings. The maximum Gasteiger partial charge on any atom is 0.237 e. The van der Waals surface area contributed by atoms with Crippen molar-refractivity contribution in [2.45, 2.75) is 49.9 Å². The molecule has 1 amide bonds. The molecule has 0 spiro atoms. The van der Waals surface area contributed by atoms with Crippen LogP contribution in [0.2, 0.25) is 0 Å². The Labute approximate surface area is 102 Å². The number of carbonyl (C=O) groups is 1. The number of fused-ring (bicyclic) bond motifs is 4. The monoisotopic (exact) mass is 238 g/mol. The smallest absolute Gasteiger partial charge is 0.237 e. The molecule has 0 aromatic carbocycles. The highest BCUT2D eigenvalue weighted by Crippen LogP contribution is 2.15. The molecule has 0 saturated carbocycles. The SMILES string of the molecule is C1CC2CNCC1N2.O=C1NCC2CCC1N2. The van der Waals surface area contributed by atoms with Gasteiger partial charge in [0.15, 0.2) is 0 Å². The summed E-state index contributed by atoms with van der Waals surface area (Å²) in [5, 5.41) is 13.0. The first kappa shape index (κ1) is 11.4. The van der Waals surface area contributed by atoms with E-state index in [2.05, 4.69) is 21.3 Å². The fourth-order valence-electron chi connectivity index (χ4n) is 3.19. The molecule has 5 nitrogen and oxygen atoms in total. The van der Waals surface area contributed by atoms with Gasteiger partial charge in [-0.15, -0.1) is 0 Å². The average Bonchev–Trinajstić information content (AvgIpc) is 2.91. The largest absolute Gasteiger partial charge is 0.353 e. The summed E-state index contributed by atoms with van der Waals surface area (Å²) in [4.78, 5) is 10.9. The van der Waals surface area contributed by atoms with Crippen molar-refractivity contribution >= 4 is 5.91 Å². The van der Waals surface area contributed by atoms with Gasteiger partial charge in [-0.1, -0.05) is 0 Å². The lowest BCUT2D eigenvalue weighted by molar-refractivity contribution is -0.123. The van der Waals surface area contributed by atoms with Crippen LogP contribution in [0.3, 0.4) is 0 Å². The summed E-state index contributed by atoms with van der Waals surface area (Å²) in [6.07, 6.45) is 4.95. The van der Waals surface area contributed by atoms with Gasteiger partial charge in [0.2, 0.25) is 5.91 Å². The molecule has 4 N–H and O–H groups in total. The minimum atomic E-state index is 0.128. The molecular weight excluding hydrogens is 216 g/mol. The maximum atomic E-state index is 10.9. The molecule has 0 aliphatic carbocycles. The number of hydrogen-bond acceptors (Lipinski definition) is 4. The molecule has 4 bridgehead atoms. The predicted molar refractivity (Wildman–Crippen MR) is 65.8 cm³/mol. The first-order valence-corrected chi connectivity index (χ1v) is 6.82. The van der Waals surface area contributed by atoms with Crippen LogP contribution in [0.4, 0.5) is 0 Å². The first-order chi connectivity index (χ1) is 8.31. The number of hydrogen-bond donors (Lipinski definition) is 4. The molecule has 4 aliphatic rings. The van der Waals surface area contributed by atoms with Crippen LogP contribution < -0.4 is 21.3 Å². The van der Waals surface area contributed by atoms with Gasteiger partial charge in [-0.05, 0) is 25.7 Å². The van der Waals surface area contributed by atoms with Crippen LogP contribution in [-0.2, 0) is 4.79 Å². The molecule has 0 radical (unpaired) electrons. The van der Waals surface area contributed by atoms with Crippen molar-refractivity contribution in [1.29, 1.82) is 0 Å². The zero-order valence-electron chi connectivity index (χ0n) is 10.2. The minimum Gasteiger partial charge on any atom is -0.353 e. The van der Waals surface area contributed by atoms with Crippen molar-refractivity contribution in [2.75, 3.05) is 19.6 Å². The second kappa shape index (κ2) is 4.92. The Morgan fingerprint density at radius 1 is 0.824 bits per heavy atom. The zero-order chi connectivity index (χ0) is 11.7. The predicted octanol–water partition coefficient (Wildman–Crippen LogP) is -1.05. The van der Waals surface area contributed by atoms with Crippen molar-refractivity contribution in [3.8, 4) is 0 Å². The van der Waals surface area contributed by atoms with E-state index in [-0.39, 0.29) is 11.9 Å². The molecular formula is C12H22N4O. The van der Waals surface area contributed by atoms with E-state index in [0.717, 1.165) is 31.5 Å². The van der Waals surface area contributed by atoms with Gasteiger partial charge in [-0.25, -0.2) is 0 Å². The van der Waals surface area contributed by atoms with E-state index in [1.165, 1.54) is 25.9 Å². The fraction of sp³-hybridized carbons (Fsp3) is 0.917. The van der Waals surface area contributed by atoms with Gasteiger partial charge in [-0.3, -0.25) is 4.79 Å². The highest BCUT2D eigenvalue weighted by Gasteiger charge is 2.33. The number of piperazine rings is 2. The Hall–Kier alpha value is -0.650. The summed E-state index contributed by atoms with van der Waals surface area (Å²) in [6, 6.07) is 2.29. The van der Waals surface area contributed by atoms with E-state index in [9.17, 15) is 4.79 Å². The van der Waals surface area contributed by atoms with Crippen molar-refractivity contribution in [2.24, 2.45) is 0 Å². The van der Waals surface area contributed by atoms with Gasteiger partial charge in [0.25, 0.3) is 0 Å². The molecule has 0 aromatic rings. The number of carbonyl (C=O) groups excluding carboxylic acids is 1. The zero-order valence-corrected chi connectivity index (χ0v) is 10.2. The molecule has 4 unspecified atom stereocenters. The summed E-state index contributed by atoms with van der Waals surface area (Å²) >= 11 is 0. The summed E-state index contributed by atoms with van der Waals surface area (Å²) in [5.74, 6) is 0.184. The maximum absolute atomic E-state index is 10.9. The van der Waals surface area contributed by atoms with Crippen LogP contribution >= 0.6 is 0 Å². The van der Waals surface area contributed by atoms with E-state index >= 15 is 0 Å². The molecule has 4 rings (SSSR count). The van der Waals surface area contributed by atoms with E-state index in [0.29, 0.717) is 6.04 Å². The van der Waals surface area contributed by atoms with E-state index in [4.69, 9.17) is 0 Å². The lowest BCUT2D eigenvalue weighted by atomic mass is 10.2. The third kappa shape index (κ3) is 2.61. The van der Waals surface area contributed by atoms with Gasteiger partial charge in [-0.2, -0.15) is 0 Å². The van der Waals surface area contributed by atoms with Crippen LogP contribution in [0.1, 0.15) is 25.7 Å². The lowest BCUT2D eigenvalue weighted by Gasteiger charge is -2.21. The number of rotatable bonds is 0. The molecule has 17 heavy (non-hydrogen) atoms. The standard InChI is InChI=1S/C6H10N2O.C6H12N2/c9-6-5-2-1-4(8-5)3-7-6;1-2-6-4-7-3-5(1)8-6/h4-5,8H,1-3H2,(H,7,9);5-8H,1-4H2. The van der Waals surface area contributed by atoms with E-state index < -0.39 is 0 Å². The van der Waals surface area contributed by atoms with Crippen molar-refractivity contribution in [1.82, 2.24) is 21.3 Å². The van der Waals surface area contributed by atoms with Gasteiger partial charge < -0.3 is 21.3 Å². The van der Waals surface area contributed by atoms with Crippen LogP contribution in [0.5, 0.6) is 0 Å². The molecule has 96 valence electrons. The molecule has 4 aliphatic heterocycles. The minimum absolute atomic E-state index is 0.128. The highest BCUT2D eigenvalue weighted by molar-refractivity contribution is 5.83. The molecule has 4 atom stereocenters. The summed E-state index contributed by atoms with van der Waals surface area (Å²) in [6.45, 7) is 3.21. The van der Waals surface area contributed by atoms with Crippen molar-refractivity contribution in [3.63, 3.8) is 0 Å². The lowest BCUT2D eigenvalue weighted by Crippen LogP contribution is -2.52. The van der Waals surface area contributed by atoms with Crippen LogP contribution in [0.25, 0.3) is 0 Å². The summed E-state index contributed by atoms with van der Waals surface area (Å²) in [7, 11) is 0. The Bertz CT molecular complexity index is 282. The van der Waals surface area contributed by atoms with Gasteiger partial charge >= 0.3 is 0 Å². The Morgan fingerprint density at radius 2 is 1.47 bits per heavy atom. The van der Waals surface area contributed by atoms with Crippen LogP contribution in [0.15, 0.2) is 0 Å². The summed E-state index contributed by atoms with van der Waals surface area (Å²) < 4.78 is 0. The molecule has 4 saturated heterocycles. The van der Waals surface area contributed by atoms with Crippen LogP contribution in [0, 0.1) is 0 Å². The fourth-order valence-corrected chi connectivity index (χ4v) is 3.19. The molecule has 5 heteroatoms. The van der Waals surface area contributed by atoms with Crippen molar-refractivity contribution < 1.29 is 4.79 Å². The first-order valence-electron chi connectivity index (χ1n) is 6.82. The molecule has 4 heterocycles. The normalized spacial score (nSPS) is 42.7.